The number of nitrogens with zero attached hydrogens (tertiary/aromatic N) is 1. The molecule has 0 radical (unpaired) electrons. The molecule has 106 valence electrons. The highest BCUT2D eigenvalue weighted by molar-refractivity contribution is 5.33. The fourth-order valence-electron chi connectivity index (χ4n) is 2.10. The molecular weight excluding hydrogens is 236 g/mol. The topological polar surface area (TPSA) is 24.5 Å². The first-order valence-corrected chi connectivity index (χ1v) is 7.31. The largest absolute Gasteiger partial charge is 0.492 e. The van der Waals surface area contributed by atoms with Crippen molar-refractivity contribution in [1.29, 1.82) is 0 Å². The molecule has 1 aliphatic carbocycles. The number of benzene rings is 1. The van der Waals surface area contributed by atoms with E-state index in [2.05, 4.69) is 49.3 Å². The van der Waals surface area contributed by atoms with Crippen molar-refractivity contribution in [3.05, 3.63) is 29.8 Å². The lowest BCUT2D eigenvalue weighted by Gasteiger charge is -2.17. The number of likely N-dealkylation sites (N-methyl/N-ethyl adjacent to an activating group) is 1. The Morgan fingerprint density at radius 2 is 2.05 bits per heavy atom. The van der Waals surface area contributed by atoms with Crippen LogP contribution < -0.4 is 10.1 Å². The summed E-state index contributed by atoms with van der Waals surface area (Å²) in [7, 11) is 2.19. The van der Waals surface area contributed by atoms with Crippen molar-refractivity contribution >= 4 is 0 Å². The lowest BCUT2D eigenvalue weighted by Crippen LogP contribution is -2.26. The van der Waals surface area contributed by atoms with Crippen molar-refractivity contribution in [2.75, 3.05) is 20.2 Å². The van der Waals surface area contributed by atoms with Crippen LogP contribution in [0.5, 0.6) is 5.75 Å². The summed E-state index contributed by atoms with van der Waals surface area (Å²) in [6.45, 7) is 6.97. The van der Waals surface area contributed by atoms with Crippen LogP contribution in [-0.4, -0.2) is 37.2 Å². The van der Waals surface area contributed by atoms with Gasteiger partial charge < -0.3 is 15.0 Å². The number of nitrogens with one attached hydrogen (secondary N) is 1. The zero-order valence-electron chi connectivity index (χ0n) is 12.4. The van der Waals surface area contributed by atoms with Crippen molar-refractivity contribution in [3.8, 4) is 5.75 Å². The molecule has 1 fully saturated rings. The number of rotatable bonds is 8. The first-order valence-electron chi connectivity index (χ1n) is 7.31. The monoisotopic (exact) mass is 262 g/mol. The van der Waals surface area contributed by atoms with E-state index in [0.717, 1.165) is 31.5 Å². The maximum absolute atomic E-state index is 5.94. The zero-order valence-corrected chi connectivity index (χ0v) is 12.4. The van der Waals surface area contributed by atoms with E-state index in [4.69, 9.17) is 4.74 Å². The minimum Gasteiger partial charge on any atom is -0.492 e. The molecule has 1 aromatic carbocycles. The van der Waals surface area contributed by atoms with E-state index in [1.54, 1.807) is 0 Å². The Balaban J connectivity index is 1.80. The molecule has 3 heteroatoms. The Labute approximate surface area is 116 Å². The summed E-state index contributed by atoms with van der Waals surface area (Å²) >= 11 is 0. The van der Waals surface area contributed by atoms with Crippen molar-refractivity contribution in [2.24, 2.45) is 0 Å². The molecule has 0 aliphatic heterocycles. The Kier molecular flexibility index (Phi) is 5.23. The minimum absolute atomic E-state index is 0.494. The molecule has 1 saturated carbocycles. The van der Waals surface area contributed by atoms with Gasteiger partial charge in [-0.05, 0) is 26.0 Å². The Bertz CT molecular complexity index is 388. The van der Waals surface area contributed by atoms with E-state index in [1.807, 2.05) is 6.07 Å². The molecule has 19 heavy (non-hydrogen) atoms. The molecule has 1 aliphatic rings. The molecule has 0 heterocycles. The predicted octanol–water partition coefficient (Wildman–Crippen LogP) is 2.66. The Morgan fingerprint density at radius 1 is 1.32 bits per heavy atom. The summed E-state index contributed by atoms with van der Waals surface area (Å²) in [4.78, 5) is 2.40. The number of hydrogen-bond acceptors (Lipinski definition) is 3. The third kappa shape index (κ3) is 4.84. The van der Waals surface area contributed by atoms with Crippen molar-refractivity contribution in [1.82, 2.24) is 10.2 Å². The Morgan fingerprint density at radius 3 is 2.74 bits per heavy atom. The van der Waals surface area contributed by atoms with Crippen LogP contribution in [0.4, 0.5) is 0 Å². The fraction of sp³-hybridized carbons (Fsp3) is 0.625. The van der Waals surface area contributed by atoms with Crippen molar-refractivity contribution in [2.45, 2.75) is 45.3 Å². The molecule has 0 unspecified atom stereocenters. The molecule has 1 aromatic rings. The van der Waals surface area contributed by atoms with Gasteiger partial charge in [0, 0.05) is 30.7 Å². The lowest BCUT2D eigenvalue weighted by molar-refractivity contribution is 0.230. The predicted molar refractivity (Wildman–Crippen MR) is 79.6 cm³/mol. The summed E-state index contributed by atoms with van der Waals surface area (Å²) in [5.74, 6) is 1.01. The molecular formula is C16H26N2O. The summed E-state index contributed by atoms with van der Waals surface area (Å²) in [6, 6.07) is 9.61. The van der Waals surface area contributed by atoms with Gasteiger partial charge in [0.15, 0.2) is 0 Å². The van der Waals surface area contributed by atoms with Crippen molar-refractivity contribution in [3.63, 3.8) is 0 Å². The van der Waals surface area contributed by atoms with E-state index >= 15 is 0 Å². The van der Waals surface area contributed by atoms with Crippen LogP contribution in [0.3, 0.4) is 0 Å². The molecule has 0 amide bonds. The van der Waals surface area contributed by atoms with Gasteiger partial charge >= 0.3 is 0 Å². The second kappa shape index (κ2) is 6.92. The smallest absolute Gasteiger partial charge is 0.123 e. The van der Waals surface area contributed by atoms with E-state index in [9.17, 15) is 0 Å². The third-order valence-corrected chi connectivity index (χ3v) is 3.55. The molecule has 1 N–H and O–H groups in total. The van der Waals surface area contributed by atoms with Gasteiger partial charge in [-0.1, -0.05) is 32.0 Å². The van der Waals surface area contributed by atoms with Crippen LogP contribution in [0.2, 0.25) is 0 Å². The van der Waals surface area contributed by atoms with Crippen LogP contribution >= 0.6 is 0 Å². The van der Waals surface area contributed by atoms with Gasteiger partial charge in [-0.25, -0.2) is 0 Å². The van der Waals surface area contributed by atoms with Crippen LogP contribution in [-0.2, 0) is 6.54 Å². The van der Waals surface area contributed by atoms with Gasteiger partial charge in [-0.2, -0.15) is 0 Å². The Hall–Kier alpha value is -1.06. The molecule has 0 aromatic heterocycles. The quantitative estimate of drug-likeness (QED) is 0.779. The fourth-order valence-corrected chi connectivity index (χ4v) is 2.10. The van der Waals surface area contributed by atoms with E-state index < -0.39 is 0 Å². The van der Waals surface area contributed by atoms with Gasteiger partial charge in [0.2, 0.25) is 0 Å². The minimum atomic E-state index is 0.494. The average Bonchev–Trinajstić information content (AvgIpc) is 3.21. The third-order valence-electron chi connectivity index (χ3n) is 3.55. The maximum Gasteiger partial charge on any atom is 0.123 e. The summed E-state index contributed by atoms with van der Waals surface area (Å²) in [5, 5.41) is 3.44. The van der Waals surface area contributed by atoms with E-state index in [-0.39, 0.29) is 0 Å². The van der Waals surface area contributed by atoms with Gasteiger partial charge in [0.1, 0.15) is 12.4 Å². The van der Waals surface area contributed by atoms with E-state index in [0.29, 0.717) is 6.04 Å². The number of hydrogen-bond donors (Lipinski definition) is 1. The summed E-state index contributed by atoms with van der Waals surface area (Å²) < 4.78 is 5.94. The van der Waals surface area contributed by atoms with Crippen molar-refractivity contribution < 1.29 is 4.74 Å². The molecule has 0 saturated heterocycles. The summed E-state index contributed by atoms with van der Waals surface area (Å²) in [6.07, 6.45) is 2.71. The normalized spacial score (nSPS) is 15.2. The van der Waals surface area contributed by atoms with Crippen LogP contribution in [0, 0.1) is 0 Å². The molecule has 0 bridgehead atoms. The molecule has 0 atom stereocenters. The molecule has 0 spiro atoms. The number of ether oxygens (including phenoxy) is 1. The van der Waals surface area contributed by atoms with Crippen LogP contribution in [0.25, 0.3) is 0 Å². The van der Waals surface area contributed by atoms with Gasteiger partial charge in [0.25, 0.3) is 0 Å². The lowest BCUT2D eigenvalue weighted by atomic mass is 10.2. The number of para-hydroxylation sites is 1. The summed E-state index contributed by atoms with van der Waals surface area (Å²) in [5.41, 5.74) is 1.24. The average molecular weight is 262 g/mol. The first kappa shape index (κ1) is 14.4. The SMILES string of the molecule is CC(C)NCc1ccccc1OCCN(C)C1CC1. The zero-order chi connectivity index (χ0) is 13.7. The molecule has 3 nitrogen and oxygen atoms in total. The van der Waals surface area contributed by atoms with E-state index in [1.165, 1.54) is 18.4 Å². The second-order valence-corrected chi connectivity index (χ2v) is 5.70. The van der Waals surface area contributed by atoms with Gasteiger partial charge in [-0.3, -0.25) is 0 Å². The highest BCUT2D eigenvalue weighted by atomic mass is 16.5. The van der Waals surface area contributed by atoms with Gasteiger partial charge in [0.05, 0.1) is 0 Å². The first-order chi connectivity index (χ1) is 9.16. The van der Waals surface area contributed by atoms with Gasteiger partial charge in [-0.15, -0.1) is 0 Å². The maximum atomic E-state index is 5.94. The second-order valence-electron chi connectivity index (χ2n) is 5.70. The van der Waals surface area contributed by atoms with Crippen LogP contribution in [0.15, 0.2) is 24.3 Å². The molecule has 2 rings (SSSR count). The standard InChI is InChI=1S/C16H26N2O/c1-13(2)17-12-14-6-4-5-7-16(14)19-11-10-18(3)15-8-9-15/h4-7,13,15,17H,8-12H2,1-3H3. The van der Waals surface area contributed by atoms with Crippen LogP contribution in [0.1, 0.15) is 32.3 Å². The highest BCUT2D eigenvalue weighted by Crippen LogP contribution is 2.25. The highest BCUT2D eigenvalue weighted by Gasteiger charge is 2.25.